The van der Waals surface area contributed by atoms with Gasteiger partial charge in [-0.2, -0.15) is 0 Å². The Hall–Kier alpha value is -1.44. The molecule has 2 heterocycles. The van der Waals surface area contributed by atoms with Crippen molar-refractivity contribution in [2.45, 2.75) is 19.5 Å². The van der Waals surface area contributed by atoms with Crippen LogP contribution < -0.4 is 5.62 Å². The monoisotopic (exact) mass is 464 g/mol. The number of hydrogen-bond donors (Lipinski definition) is 0. The van der Waals surface area contributed by atoms with Gasteiger partial charge in [-0.1, -0.05) is 31.9 Å². The van der Waals surface area contributed by atoms with Crippen molar-refractivity contribution < 1.29 is 0 Å². The van der Waals surface area contributed by atoms with Gasteiger partial charge in [-0.3, -0.25) is 13.9 Å². The fourth-order valence-electron chi connectivity index (χ4n) is 2.89. The van der Waals surface area contributed by atoms with E-state index in [1.807, 2.05) is 41.0 Å². The lowest BCUT2D eigenvalue weighted by Gasteiger charge is -2.04. The van der Waals surface area contributed by atoms with Crippen LogP contribution in [-0.2, 0) is 13.1 Å². The Bertz CT molecular complexity index is 1010. The molecule has 0 saturated carbocycles. The Morgan fingerprint density at radius 3 is 2.08 bits per heavy atom. The Labute approximate surface area is 161 Å². The first kappa shape index (κ1) is 16.1. The van der Waals surface area contributed by atoms with Gasteiger partial charge in [0.15, 0.2) is 0 Å². The topological polar surface area (TPSA) is 27.1 Å². The summed E-state index contributed by atoms with van der Waals surface area (Å²) < 4.78 is 9.22. The molecule has 0 aliphatic carbocycles. The Morgan fingerprint density at radius 2 is 1.42 bits per heavy atom. The molecular formula is C17H14Br2N4S. The van der Waals surface area contributed by atoms with E-state index >= 15 is 0 Å². The summed E-state index contributed by atoms with van der Waals surface area (Å²) in [7, 11) is 0. The highest BCUT2D eigenvalue weighted by Gasteiger charge is 2.17. The predicted molar refractivity (Wildman–Crippen MR) is 104 cm³/mol. The maximum Gasteiger partial charge on any atom is 0.232 e. The number of rotatable bonds is 2. The van der Waals surface area contributed by atoms with Gasteiger partial charge in [-0.15, -0.1) is 0 Å². The minimum atomic E-state index is 0.783. The summed E-state index contributed by atoms with van der Waals surface area (Å²) in [6.45, 7) is 1.87. The molecule has 0 unspecified atom stereocenters. The molecule has 0 fully saturated rings. The van der Waals surface area contributed by atoms with Gasteiger partial charge in [0.1, 0.15) is 0 Å². The molecule has 1 aliphatic rings. The zero-order chi connectivity index (χ0) is 16.7. The number of fused-ring (bicyclic) bond motifs is 1. The van der Waals surface area contributed by atoms with Crippen molar-refractivity contribution in [2.75, 3.05) is 0 Å². The van der Waals surface area contributed by atoms with Gasteiger partial charge < -0.3 is 0 Å². The van der Waals surface area contributed by atoms with Crippen molar-refractivity contribution in [3.8, 4) is 5.69 Å². The largest absolute Gasteiger partial charge is 0.257 e. The lowest BCUT2D eigenvalue weighted by molar-refractivity contribution is 0.581. The van der Waals surface area contributed by atoms with Crippen LogP contribution in [0.5, 0.6) is 0 Å². The zero-order valence-corrected chi connectivity index (χ0v) is 16.7. The molecule has 1 aromatic heterocycles. The first-order chi connectivity index (χ1) is 11.6. The van der Waals surface area contributed by atoms with Gasteiger partial charge in [0.05, 0.1) is 11.4 Å². The van der Waals surface area contributed by atoms with Crippen LogP contribution >= 0.6 is 44.1 Å². The third-order valence-electron chi connectivity index (χ3n) is 4.01. The van der Waals surface area contributed by atoms with Gasteiger partial charge in [0, 0.05) is 22.0 Å². The summed E-state index contributed by atoms with van der Waals surface area (Å²) in [5.41, 5.74) is 2.79. The second-order valence-electron chi connectivity index (χ2n) is 5.58. The first-order valence-corrected chi connectivity index (χ1v) is 9.62. The van der Waals surface area contributed by atoms with Crippen LogP contribution in [-0.4, -0.2) is 13.9 Å². The molecule has 24 heavy (non-hydrogen) atoms. The van der Waals surface area contributed by atoms with E-state index < -0.39 is 0 Å². The summed E-state index contributed by atoms with van der Waals surface area (Å²) in [6, 6.07) is 16.1. The number of nitrogens with zero attached hydrogens (tertiary/aromatic N) is 4. The molecule has 2 aromatic carbocycles. The lowest BCUT2D eigenvalue weighted by atomic mass is 10.3. The maximum atomic E-state index is 5.72. The van der Waals surface area contributed by atoms with E-state index in [4.69, 9.17) is 17.2 Å². The highest BCUT2D eigenvalue weighted by Crippen LogP contribution is 2.18. The number of benzene rings is 2. The molecule has 4 nitrogen and oxygen atoms in total. The molecule has 0 atom stereocenters. The summed E-state index contributed by atoms with van der Waals surface area (Å²) in [6.07, 6.45) is 1.09. The Kier molecular flexibility index (Phi) is 4.32. The van der Waals surface area contributed by atoms with Crippen molar-refractivity contribution in [1.82, 2.24) is 13.9 Å². The van der Waals surface area contributed by atoms with Crippen molar-refractivity contribution in [2.24, 2.45) is 4.99 Å². The zero-order valence-electron chi connectivity index (χ0n) is 12.7. The van der Waals surface area contributed by atoms with Crippen LogP contribution in [0.2, 0.25) is 0 Å². The molecule has 1 aliphatic heterocycles. The fraction of sp³-hybridized carbons (Fsp3) is 0.176. The summed E-state index contributed by atoms with van der Waals surface area (Å²) in [5.74, 6) is 0. The van der Waals surface area contributed by atoms with Gasteiger partial charge in [0.2, 0.25) is 10.4 Å². The summed E-state index contributed by atoms with van der Waals surface area (Å²) in [5, 5.41) is 0. The molecule has 0 bridgehead atoms. The second kappa shape index (κ2) is 6.46. The van der Waals surface area contributed by atoms with Crippen molar-refractivity contribution >= 4 is 49.8 Å². The molecule has 4 rings (SSSR count). The van der Waals surface area contributed by atoms with Crippen LogP contribution in [0.1, 0.15) is 6.42 Å². The standard InChI is InChI=1S/C17H14Br2N4S/c18-12-2-6-14(7-3-12)20-16-21-10-1-11-22(21)17(24)23(16)15-8-4-13(19)5-9-15/h2-9H,1,10-11H2. The number of hydrogen-bond acceptors (Lipinski definition) is 2. The third-order valence-corrected chi connectivity index (χ3v) is 5.47. The van der Waals surface area contributed by atoms with Crippen molar-refractivity contribution in [1.29, 1.82) is 0 Å². The van der Waals surface area contributed by atoms with E-state index in [1.54, 1.807) is 0 Å². The Balaban J connectivity index is 1.98. The van der Waals surface area contributed by atoms with E-state index in [-0.39, 0.29) is 0 Å². The molecule has 0 radical (unpaired) electrons. The van der Waals surface area contributed by atoms with Crippen LogP contribution in [0, 0.1) is 4.77 Å². The molecule has 0 saturated heterocycles. The van der Waals surface area contributed by atoms with Crippen LogP contribution in [0.4, 0.5) is 5.69 Å². The fourth-order valence-corrected chi connectivity index (χ4v) is 3.80. The Morgan fingerprint density at radius 1 is 0.833 bits per heavy atom. The van der Waals surface area contributed by atoms with E-state index in [0.29, 0.717) is 0 Å². The minimum Gasteiger partial charge on any atom is -0.257 e. The third kappa shape index (κ3) is 2.85. The van der Waals surface area contributed by atoms with Gasteiger partial charge in [-0.05, 0) is 67.2 Å². The van der Waals surface area contributed by atoms with Gasteiger partial charge in [0.25, 0.3) is 0 Å². The van der Waals surface area contributed by atoms with E-state index in [9.17, 15) is 0 Å². The van der Waals surface area contributed by atoms with E-state index in [0.717, 1.165) is 50.2 Å². The summed E-state index contributed by atoms with van der Waals surface area (Å²) in [4.78, 5) is 4.88. The predicted octanol–water partition coefficient (Wildman–Crippen LogP) is 4.97. The molecular weight excluding hydrogens is 452 g/mol. The van der Waals surface area contributed by atoms with Gasteiger partial charge in [-0.25, -0.2) is 4.99 Å². The van der Waals surface area contributed by atoms with E-state index in [1.165, 1.54) is 0 Å². The second-order valence-corrected chi connectivity index (χ2v) is 7.78. The summed E-state index contributed by atoms with van der Waals surface area (Å²) >= 11 is 12.7. The smallest absolute Gasteiger partial charge is 0.232 e. The molecule has 7 heteroatoms. The molecule has 0 spiro atoms. The molecule has 122 valence electrons. The maximum absolute atomic E-state index is 5.72. The molecule has 3 aromatic rings. The van der Waals surface area contributed by atoms with Crippen molar-refractivity contribution in [3.05, 3.63) is 67.9 Å². The average molecular weight is 466 g/mol. The molecule has 0 amide bonds. The average Bonchev–Trinajstić information content (AvgIpc) is 3.15. The number of halogens is 2. The first-order valence-electron chi connectivity index (χ1n) is 7.62. The highest BCUT2D eigenvalue weighted by molar-refractivity contribution is 9.10. The minimum absolute atomic E-state index is 0.783. The number of aromatic nitrogens is 3. The molecule has 0 N–H and O–H groups in total. The normalized spacial score (nSPS) is 14.2. The van der Waals surface area contributed by atoms with Crippen LogP contribution in [0.15, 0.2) is 62.5 Å². The lowest BCUT2D eigenvalue weighted by Crippen LogP contribution is -2.25. The van der Waals surface area contributed by atoms with E-state index in [2.05, 4.69) is 53.4 Å². The van der Waals surface area contributed by atoms with Crippen molar-refractivity contribution in [3.63, 3.8) is 0 Å². The van der Waals surface area contributed by atoms with Gasteiger partial charge >= 0.3 is 0 Å². The SMILES string of the molecule is S=c1n(-c2ccc(Br)cc2)c(=Nc2ccc(Br)cc2)n2n1CCC2. The van der Waals surface area contributed by atoms with Crippen LogP contribution in [0.25, 0.3) is 5.69 Å². The quantitative estimate of drug-likeness (QED) is 0.491. The highest BCUT2D eigenvalue weighted by atomic mass is 79.9. The van der Waals surface area contributed by atoms with Crippen LogP contribution in [0.3, 0.4) is 0 Å².